The van der Waals surface area contributed by atoms with Crippen LogP contribution in [0.15, 0.2) is 66.9 Å². The number of benzene rings is 2. The lowest BCUT2D eigenvalue weighted by molar-refractivity contribution is -0.122. The smallest absolute Gasteiger partial charge is 0.267 e. The minimum Gasteiger partial charge on any atom is -0.480 e. The molecule has 0 saturated carbocycles. The Morgan fingerprint density at radius 3 is 2.62 bits per heavy atom. The number of anilines is 1. The van der Waals surface area contributed by atoms with Gasteiger partial charge in [-0.25, -0.2) is 4.68 Å². The maximum absolute atomic E-state index is 12.6. The van der Waals surface area contributed by atoms with E-state index < -0.39 is 6.10 Å². The van der Waals surface area contributed by atoms with Gasteiger partial charge in [-0.3, -0.25) is 4.79 Å². The molecule has 5 heteroatoms. The number of carbonyl (C=O) groups is 1. The van der Waals surface area contributed by atoms with Gasteiger partial charge in [-0.05, 0) is 18.2 Å². The van der Waals surface area contributed by atoms with E-state index >= 15 is 0 Å². The van der Waals surface area contributed by atoms with Gasteiger partial charge in [-0.2, -0.15) is 5.10 Å². The number of amides is 1. The van der Waals surface area contributed by atoms with Crippen LogP contribution in [0.2, 0.25) is 0 Å². The molecule has 1 amide bonds. The average Bonchev–Trinajstić information content (AvgIpc) is 3.21. The summed E-state index contributed by atoms with van der Waals surface area (Å²) in [7, 11) is 0. The van der Waals surface area contributed by atoms with E-state index in [0.29, 0.717) is 5.82 Å². The van der Waals surface area contributed by atoms with Crippen molar-refractivity contribution in [1.29, 1.82) is 0 Å². The van der Waals surface area contributed by atoms with Gasteiger partial charge in [0.05, 0.1) is 5.69 Å². The Hall–Kier alpha value is -3.08. The fourth-order valence-electron chi connectivity index (χ4n) is 2.96. The zero-order chi connectivity index (χ0) is 16.5. The van der Waals surface area contributed by atoms with Crippen LogP contribution in [0.5, 0.6) is 5.75 Å². The normalized spacial score (nSPS) is 18.7. The second-order valence-electron chi connectivity index (χ2n) is 5.84. The van der Waals surface area contributed by atoms with Crippen molar-refractivity contribution in [3.63, 3.8) is 0 Å². The van der Waals surface area contributed by atoms with Gasteiger partial charge in [0.1, 0.15) is 5.75 Å². The highest BCUT2D eigenvalue weighted by molar-refractivity contribution is 5.95. The summed E-state index contributed by atoms with van der Waals surface area (Å²) < 4.78 is 7.52. The van der Waals surface area contributed by atoms with E-state index in [4.69, 9.17) is 4.74 Å². The van der Waals surface area contributed by atoms with Gasteiger partial charge in [0, 0.05) is 23.7 Å². The maximum Gasteiger partial charge on any atom is 0.267 e. The molecule has 1 aliphatic heterocycles. The molecule has 24 heavy (non-hydrogen) atoms. The van der Waals surface area contributed by atoms with Crippen molar-refractivity contribution in [3.05, 3.63) is 72.4 Å². The molecule has 0 fully saturated rings. The van der Waals surface area contributed by atoms with Crippen LogP contribution < -0.4 is 10.1 Å². The third kappa shape index (κ3) is 2.54. The highest BCUT2D eigenvalue weighted by atomic mass is 16.5. The molecule has 4 rings (SSSR count). The quantitative estimate of drug-likeness (QED) is 0.805. The monoisotopic (exact) mass is 319 g/mol. The molecule has 0 spiro atoms. The van der Waals surface area contributed by atoms with Gasteiger partial charge >= 0.3 is 0 Å². The zero-order valence-electron chi connectivity index (χ0n) is 13.2. The van der Waals surface area contributed by atoms with Crippen molar-refractivity contribution in [3.8, 4) is 11.4 Å². The second kappa shape index (κ2) is 5.85. The zero-order valence-corrected chi connectivity index (χ0v) is 13.2. The standard InChI is InChI=1S/C19H17N3O2/c1-13-15-9-5-6-10-16(15)24-18(13)19(23)20-17-11-12-22(21-17)14-7-3-2-4-8-14/h2-13,18H,1H3,(H,20,21,23)/t13-,18-/m0/s1. The molecule has 3 aromatic rings. The van der Waals surface area contributed by atoms with Gasteiger partial charge in [0.2, 0.25) is 0 Å². The molecule has 120 valence electrons. The number of fused-ring (bicyclic) bond motifs is 1. The Morgan fingerprint density at radius 2 is 1.83 bits per heavy atom. The molecule has 0 aliphatic carbocycles. The van der Waals surface area contributed by atoms with Crippen LogP contribution in [0.1, 0.15) is 18.4 Å². The lowest BCUT2D eigenvalue weighted by atomic mass is 9.97. The first kappa shape index (κ1) is 14.5. The number of nitrogens with one attached hydrogen (secondary N) is 1. The summed E-state index contributed by atoms with van der Waals surface area (Å²) in [6.45, 7) is 2.00. The van der Waals surface area contributed by atoms with Crippen molar-refractivity contribution in [2.75, 3.05) is 5.32 Å². The summed E-state index contributed by atoms with van der Waals surface area (Å²) >= 11 is 0. The lowest BCUT2D eigenvalue weighted by Gasteiger charge is -2.14. The topological polar surface area (TPSA) is 56.1 Å². The van der Waals surface area contributed by atoms with Crippen molar-refractivity contribution in [1.82, 2.24) is 9.78 Å². The van der Waals surface area contributed by atoms with Crippen molar-refractivity contribution in [2.24, 2.45) is 0 Å². The Kier molecular flexibility index (Phi) is 3.54. The molecule has 0 saturated heterocycles. The van der Waals surface area contributed by atoms with E-state index in [0.717, 1.165) is 17.0 Å². The Bertz CT molecular complexity index is 873. The van der Waals surface area contributed by atoms with Gasteiger partial charge in [-0.15, -0.1) is 0 Å². The highest BCUT2D eigenvalue weighted by Crippen LogP contribution is 2.37. The minimum atomic E-state index is -0.538. The average molecular weight is 319 g/mol. The third-order valence-electron chi connectivity index (χ3n) is 4.24. The van der Waals surface area contributed by atoms with Crippen LogP contribution in [0.3, 0.4) is 0 Å². The van der Waals surface area contributed by atoms with E-state index in [1.807, 2.05) is 67.7 Å². The SMILES string of the molecule is C[C@H]1c2ccccc2O[C@@H]1C(=O)Nc1ccn(-c2ccccc2)n1. The largest absolute Gasteiger partial charge is 0.480 e. The van der Waals surface area contributed by atoms with Crippen molar-refractivity contribution in [2.45, 2.75) is 18.9 Å². The maximum atomic E-state index is 12.6. The van der Waals surface area contributed by atoms with Gasteiger partial charge in [-0.1, -0.05) is 43.3 Å². The van der Waals surface area contributed by atoms with Crippen LogP contribution in [-0.4, -0.2) is 21.8 Å². The number of ether oxygens (including phenoxy) is 1. The van der Waals surface area contributed by atoms with Crippen molar-refractivity contribution < 1.29 is 9.53 Å². The van der Waals surface area contributed by atoms with Crippen LogP contribution in [0.25, 0.3) is 5.69 Å². The van der Waals surface area contributed by atoms with Crippen molar-refractivity contribution >= 4 is 11.7 Å². The first-order chi connectivity index (χ1) is 11.7. The van der Waals surface area contributed by atoms with Gasteiger partial charge in [0.15, 0.2) is 11.9 Å². The second-order valence-corrected chi connectivity index (χ2v) is 5.84. The fraction of sp³-hybridized carbons (Fsp3) is 0.158. The van der Waals surface area contributed by atoms with Crippen LogP contribution in [0.4, 0.5) is 5.82 Å². The summed E-state index contributed by atoms with van der Waals surface area (Å²) in [6.07, 6.45) is 1.28. The molecule has 0 unspecified atom stereocenters. The molecule has 2 heterocycles. The lowest BCUT2D eigenvalue weighted by Crippen LogP contribution is -2.33. The molecule has 0 bridgehead atoms. The summed E-state index contributed by atoms with van der Waals surface area (Å²) in [5.41, 5.74) is 2.00. The first-order valence-electron chi connectivity index (χ1n) is 7.90. The number of nitrogens with zero attached hydrogens (tertiary/aromatic N) is 2. The molecule has 1 aromatic heterocycles. The molecule has 1 aliphatic rings. The Labute approximate surface area is 139 Å². The van der Waals surface area contributed by atoms with E-state index in [9.17, 15) is 4.79 Å². The first-order valence-corrected chi connectivity index (χ1v) is 7.90. The number of carbonyl (C=O) groups excluding carboxylic acids is 1. The van der Waals surface area contributed by atoms with Gasteiger partial charge < -0.3 is 10.1 Å². The van der Waals surface area contributed by atoms with E-state index in [1.54, 1.807) is 10.7 Å². The van der Waals surface area contributed by atoms with Gasteiger partial charge in [0.25, 0.3) is 5.91 Å². The third-order valence-corrected chi connectivity index (χ3v) is 4.24. The number of rotatable bonds is 3. The predicted octanol–water partition coefficient (Wildman–Crippen LogP) is 3.38. The molecule has 1 N–H and O–H groups in total. The highest BCUT2D eigenvalue weighted by Gasteiger charge is 2.36. The number of hydrogen-bond acceptors (Lipinski definition) is 3. The van der Waals surface area contributed by atoms with Crippen LogP contribution in [-0.2, 0) is 4.79 Å². The number of aromatic nitrogens is 2. The Morgan fingerprint density at radius 1 is 1.08 bits per heavy atom. The van der Waals surface area contributed by atoms with E-state index in [-0.39, 0.29) is 11.8 Å². The van der Waals surface area contributed by atoms with Crippen LogP contribution >= 0.6 is 0 Å². The number of hydrogen-bond donors (Lipinski definition) is 1. The molecule has 2 atom stereocenters. The van der Waals surface area contributed by atoms with E-state index in [1.165, 1.54) is 0 Å². The summed E-state index contributed by atoms with van der Waals surface area (Å²) in [5, 5.41) is 7.24. The molecule has 5 nitrogen and oxygen atoms in total. The Balaban J connectivity index is 1.49. The molecule has 2 aromatic carbocycles. The molecule has 0 radical (unpaired) electrons. The fourth-order valence-corrected chi connectivity index (χ4v) is 2.96. The molecular weight excluding hydrogens is 302 g/mol. The predicted molar refractivity (Wildman–Crippen MR) is 91.5 cm³/mol. The summed E-state index contributed by atoms with van der Waals surface area (Å²) in [6, 6.07) is 19.3. The van der Waals surface area contributed by atoms with E-state index in [2.05, 4.69) is 10.4 Å². The summed E-state index contributed by atoms with van der Waals surface area (Å²) in [4.78, 5) is 12.6. The molecular formula is C19H17N3O2. The van der Waals surface area contributed by atoms with Crippen LogP contribution in [0, 0.1) is 0 Å². The minimum absolute atomic E-state index is 0.0115. The number of para-hydroxylation sites is 2. The summed E-state index contributed by atoms with van der Waals surface area (Å²) in [5.74, 6) is 1.12.